The lowest BCUT2D eigenvalue weighted by atomic mass is 9.78. The summed E-state index contributed by atoms with van der Waals surface area (Å²) in [6.45, 7) is 8.25. The minimum Gasteiger partial charge on any atom is -0.497 e. The molecule has 5 heteroatoms. The number of benzene rings is 1. The fraction of sp³-hybridized carbons (Fsp3) is 0.450. The van der Waals surface area contributed by atoms with Crippen molar-refractivity contribution in [1.29, 1.82) is 0 Å². The first-order chi connectivity index (χ1) is 11.9. The maximum Gasteiger partial charge on any atom is 0.375 e. The van der Waals surface area contributed by atoms with Gasteiger partial charge < -0.3 is 19.0 Å². The van der Waals surface area contributed by atoms with Crippen molar-refractivity contribution in [2.75, 3.05) is 7.11 Å². The van der Waals surface area contributed by atoms with E-state index >= 15 is 0 Å². The molecule has 1 aliphatic rings. The van der Waals surface area contributed by atoms with Crippen molar-refractivity contribution < 1.29 is 23.8 Å². The van der Waals surface area contributed by atoms with E-state index in [0.717, 1.165) is 24.8 Å². The van der Waals surface area contributed by atoms with Crippen LogP contribution in [0, 0.1) is 11.8 Å². The van der Waals surface area contributed by atoms with Crippen LogP contribution in [0.2, 0.25) is 0 Å². The number of ether oxygens (including phenoxy) is 2. The van der Waals surface area contributed by atoms with E-state index in [-0.39, 0.29) is 11.9 Å². The van der Waals surface area contributed by atoms with E-state index in [9.17, 15) is 9.90 Å². The number of carboxylic acids is 1. The Morgan fingerprint density at radius 1 is 1.36 bits per heavy atom. The highest BCUT2D eigenvalue weighted by molar-refractivity contribution is 5.98. The van der Waals surface area contributed by atoms with Gasteiger partial charge in [0, 0.05) is 0 Å². The first-order valence-corrected chi connectivity index (χ1v) is 8.56. The third kappa shape index (κ3) is 3.36. The Labute approximate surface area is 147 Å². The maximum absolute atomic E-state index is 11.6. The normalized spacial score (nSPS) is 23.4. The fourth-order valence-corrected chi connectivity index (χ4v) is 3.48. The molecule has 3 atom stereocenters. The quantitative estimate of drug-likeness (QED) is 0.781. The van der Waals surface area contributed by atoms with Gasteiger partial charge in [-0.25, -0.2) is 4.79 Å². The van der Waals surface area contributed by atoms with Gasteiger partial charge in [0.1, 0.15) is 17.4 Å². The Morgan fingerprint density at radius 3 is 2.76 bits per heavy atom. The average Bonchev–Trinajstić information content (AvgIpc) is 2.94. The summed E-state index contributed by atoms with van der Waals surface area (Å²) in [7, 11) is 1.57. The molecule has 0 radical (unpaired) electrons. The van der Waals surface area contributed by atoms with E-state index in [1.807, 2.05) is 6.92 Å². The van der Waals surface area contributed by atoms with Crippen LogP contribution in [0.3, 0.4) is 0 Å². The molecule has 1 aromatic carbocycles. The van der Waals surface area contributed by atoms with Crippen LogP contribution in [0.25, 0.3) is 11.0 Å². The van der Waals surface area contributed by atoms with Crippen molar-refractivity contribution in [2.24, 2.45) is 11.8 Å². The SMILES string of the molecule is C=C(C)C1CCC(C)C(Oc2c(C(=O)O)oc3ccc(OC)cc23)C1. The second-order valence-corrected chi connectivity index (χ2v) is 6.92. The van der Waals surface area contributed by atoms with Crippen molar-refractivity contribution in [3.63, 3.8) is 0 Å². The average molecular weight is 344 g/mol. The molecule has 25 heavy (non-hydrogen) atoms. The van der Waals surface area contributed by atoms with Gasteiger partial charge in [-0.15, -0.1) is 0 Å². The first kappa shape index (κ1) is 17.4. The predicted molar refractivity (Wildman–Crippen MR) is 95.5 cm³/mol. The predicted octanol–water partition coefficient (Wildman–Crippen LogP) is 4.90. The molecular weight excluding hydrogens is 320 g/mol. The van der Waals surface area contributed by atoms with Gasteiger partial charge in [-0.05, 0) is 56.2 Å². The van der Waals surface area contributed by atoms with E-state index in [1.54, 1.807) is 25.3 Å². The summed E-state index contributed by atoms with van der Waals surface area (Å²) in [6.07, 6.45) is 2.90. The minimum absolute atomic E-state index is 0.0689. The van der Waals surface area contributed by atoms with Gasteiger partial charge in [0.05, 0.1) is 12.5 Å². The summed E-state index contributed by atoms with van der Waals surface area (Å²) < 4.78 is 17.0. The molecule has 0 spiro atoms. The molecule has 0 amide bonds. The van der Waals surface area contributed by atoms with E-state index in [0.29, 0.717) is 34.3 Å². The number of rotatable bonds is 5. The standard InChI is InChI=1S/C20H24O5/c1-11(2)13-6-5-12(3)17(9-13)25-18-15-10-14(23-4)7-8-16(15)24-19(18)20(21)22/h7-8,10,12-13,17H,1,5-6,9H2,2-4H3,(H,21,22). The molecule has 134 valence electrons. The Kier molecular flexibility index (Phi) is 4.75. The van der Waals surface area contributed by atoms with Crippen molar-refractivity contribution in [3.05, 3.63) is 36.1 Å². The minimum atomic E-state index is -1.13. The highest BCUT2D eigenvalue weighted by Crippen LogP contribution is 2.40. The highest BCUT2D eigenvalue weighted by atomic mass is 16.5. The Morgan fingerprint density at radius 2 is 2.12 bits per heavy atom. The number of furan rings is 1. The number of hydrogen-bond donors (Lipinski definition) is 1. The van der Waals surface area contributed by atoms with Gasteiger partial charge in [0.15, 0.2) is 5.75 Å². The second-order valence-electron chi connectivity index (χ2n) is 6.92. The second kappa shape index (κ2) is 6.82. The van der Waals surface area contributed by atoms with Crippen LogP contribution in [0.15, 0.2) is 34.8 Å². The molecule has 1 N–H and O–H groups in total. The summed E-state index contributed by atoms with van der Waals surface area (Å²) in [5.74, 6) is 0.375. The zero-order valence-corrected chi connectivity index (χ0v) is 14.9. The van der Waals surface area contributed by atoms with Gasteiger partial charge >= 0.3 is 5.97 Å². The topological polar surface area (TPSA) is 68.9 Å². The largest absolute Gasteiger partial charge is 0.497 e. The molecule has 0 aliphatic heterocycles. The van der Waals surface area contributed by atoms with Crippen LogP contribution >= 0.6 is 0 Å². The van der Waals surface area contributed by atoms with Crippen LogP contribution < -0.4 is 9.47 Å². The number of carbonyl (C=O) groups is 1. The fourth-order valence-electron chi connectivity index (χ4n) is 3.48. The molecular formula is C20H24O5. The van der Waals surface area contributed by atoms with Crippen LogP contribution in [0.5, 0.6) is 11.5 Å². The third-order valence-electron chi connectivity index (χ3n) is 5.13. The van der Waals surface area contributed by atoms with Crippen LogP contribution in [0.1, 0.15) is 43.7 Å². The van der Waals surface area contributed by atoms with Gasteiger partial charge in [-0.1, -0.05) is 19.1 Å². The molecule has 3 rings (SSSR count). The zero-order chi connectivity index (χ0) is 18.1. The maximum atomic E-state index is 11.6. The third-order valence-corrected chi connectivity index (χ3v) is 5.13. The van der Waals surface area contributed by atoms with Crippen LogP contribution in [-0.2, 0) is 0 Å². The van der Waals surface area contributed by atoms with Crippen LogP contribution in [-0.4, -0.2) is 24.3 Å². The molecule has 2 aromatic rings. The molecule has 1 aromatic heterocycles. The monoisotopic (exact) mass is 344 g/mol. The Bertz CT molecular complexity index is 804. The lowest BCUT2D eigenvalue weighted by molar-refractivity contribution is 0.0617. The molecule has 1 aliphatic carbocycles. The number of carboxylic acid groups (broad SMARTS) is 1. The number of methoxy groups -OCH3 is 1. The summed E-state index contributed by atoms with van der Waals surface area (Å²) in [5, 5.41) is 10.1. The number of allylic oxidation sites excluding steroid dienone is 1. The lowest BCUT2D eigenvalue weighted by Crippen LogP contribution is -2.33. The smallest absolute Gasteiger partial charge is 0.375 e. The first-order valence-electron chi connectivity index (χ1n) is 8.56. The highest BCUT2D eigenvalue weighted by Gasteiger charge is 2.32. The molecule has 3 unspecified atom stereocenters. The Hall–Kier alpha value is -2.43. The summed E-state index contributed by atoms with van der Waals surface area (Å²) in [5.41, 5.74) is 1.63. The van der Waals surface area contributed by atoms with Crippen molar-refractivity contribution >= 4 is 16.9 Å². The summed E-state index contributed by atoms with van der Waals surface area (Å²) in [6, 6.07) is 5.19. The van der Waals surface area contributed by atoms with Crippen molar-refractivity contribution in [1.82, 2.24) is 0 Å². The van der Waals surface area contributed by atoms with Crippen molar-refractivity contribution in [2.45, 2.75) is 39.2 Å². The zero-order valence-electron chi connectivity index (χ0n) is 14.9. The molecule has 5 nitrogen and oxygen atoms in total. The number of fused-ring (bicyclic) bond motifs is 1. The number of hydrogen-bond acceptors (Lipinski definition) is 4. The van der Waals surface area contributed by atoms with Gasteiger partial charge in [-0.3, -0.25) is 0 Å². The van der Waals surface area contributed by atoms with Crippen molar-refractivity contribution in [3.8, 4) is 11.5 Å². The van der Waals surface area contributed by atoms with E-state index in [4.69, 9.17) is 13.9 Å². The van der Waals surface area contributed by atoms with E-state index in [1.165, 1.54) is 0 Å². The van der Waals surface area contributed by atoms with Crippen LogP contribution in [0.4, 0.5) is 0 Å². The lowest BCUT2D eigenvalue weighted by Gasteiger charge is -2.34. The van der Waals surface area contributed by atoms with Gasteiger partial charge in [0.25, 0.3) is 5.76 Å². The molecule has 1 saturated carbocycles. The molecule has 1 fully saturated rings. The molecule has 0 bridgehead atoms. The van der Waals surface area contributed by atoms with Gasteiger partial charge in [0.2, 0.25) is 0 Å². The van der Waals surface area contributed by atoms with E-state index in [2.05, 4.69) is 13.5 Å². The molecule has 0 saturated heterocycles. The number of aromatic carboxylic acids is 1. The van der Waals surface area contributed by atoms with Gasteiger partial charge in [-0.2, -0.15) is 0 Å². The Balaban J connectivity index is 1.99. The summed E-state index contributed by atoms with van der Waals surface area (Å²) in [4.78, 5) is 11.6. The van der Waals surface area contributed by atoms with E-state index < -0.39 is 5.97 Å². The summed E-state index contributed by atoms with van der Waals surface area (Å²) >= 11 is 0. The molecule has 1 heterocycles.